The van der Waals surface area contributed by atoms with E-state index in [2.05, 4.69) is 90.2 Å². The summed E-state index contributed by atoms with van der Waals surface area (Å²) >= 11 is 0. The number of aromatic nitrogens is 1. The Balaban J connectivity index is 1.52. The standard InChI is InChI=1S/C36H42N2O/c1-26-22-24-27(25-23-26)34-33(31-20-14-15-21-32(31)37(34)2)35-29-18-12-13-19-30(29)36(39)38(35)28-16-10-8-6-4-3-5-7-9-11-17-28/h12-15,18-25,28,35H,3-11,16-17H2,1-2H3. The van der Waals surface area contributed by atoms with Crippen LogP contribution >= 0.6 is 0 Å². The monoisotopic (exact) mass is 518 g/mol. The summed E-state index contributed by atoms with van der Waals surface area (Å²) in [5.74, 6) is 0.218. The summed E-state index contributed by atoms with van der Waals surface area (Å²) in [6.07, 6.45) is 13.9. The van der Waals surface area contributed by atoms with Crippen LogP contribution in [0.3, 0.4) is 0 Å². The largest absolute Gasteiger partial charge is 0.343 e. The van der Waals surface area contributed by atoms with Crippen LogP contribution in [0.2, 0.25) is 0 Å². The van der Waals surface area contributed by atoms with Gasteiger partial charge in [0.1, 0.15) is 0 Å². The normalized spacial score (nSPS) is 19.6. The Morgan fingerprint density at radius 3 is 1.97 bits per heavy atom. The number of nitrogens with zero attached hydrogens (tertiary/aromatic N) is 2. The Kier molecular flexibility index (Phi) is 7.59. The second kappa shape index (κ2) is 11.4. The highest BCUT2D eigenvalue weighted by atomic mass is 16.2. The Morgan fingerprint density at radius 2 is 1.28 bits per heavy atom. The molecule has 0 bridgehead atoms. The van der Waals surface area contributed by atoms with Gasteiger partial charge in [0, 0.05) is 35.1 Å². The number of rotatable bonds is 3. The Bertz CT molecular complexity index is 1430. The zero-order valence-corrected chi connectivity index (χ0v) is 23.7. The van der Waals surface area contributed by atoms with Crippen molar-refractivity contribution in [1.29, 1.82) is 0 Å². The van der Waals surface area contributed by atoms with E-state index in [0.717, 1.165) is 18.4 Å². The van der Waals surface area contributed by atoms with E-state index in [1.54, 1.807) is 0 Å². The zero-order chi connectivity index (χ0) is 26.8. The van der Waals surface area contributed by atoms with E-state index < -0.39 is 0 Å². The van der Waals surface area contributed by atoms with Crippen molar-refractivity contribution >= 4 is 16.8 Å². The maximum Gasteiger partial charge on any atom is 0.255 e. The van der Waals surface area contributed by atoms with Crippen molar-refractivity contribution in [3.63, 3.8) is 0 Å². The number of benzene rings is 3. The molecule has 1 aliphatic heterocycles. The molecule has 1 saturated carbocycles. The number of carbonyl (C=O) groups excluding carboxylic acids is 1. The second-order valence-electron chi connectivity index (χ2n) is 11.8. The van der Waals surface area contributed by atoms with Crippen LogP contribution in [0.15, 0.2) is 72.8 Å². The third kappa shape index (κ3) is 4.93. The molecule has 202 valence electrons. The number of amides is 1. The number of hydrogen-bond donors (Lipinski definition) is 0. The minimum atomic E-state index is -0.0750. The lowest BCUT2D eigenvalue weighted by Gasteiger charge is -2.35. The molecule has 2 heterocycles. The van der Waals surface area contributed by atoms with Crippen molar-refractivity contribution in [2.45, 2.75) is 89.6 Å². The highest BCUT2D eigenvalue weighted by Crippen LogP contribution is 2.48. The Morgan fingerprint density at radius 1 is 0.692 bits per heavy atom. The highest BCUT2D eigenvalue weighted by molar-refractivity contribution is 6.02. The molecule has 0 saturated heterocycles. The Hall–Kier alpha value is -3.33. The predicted octanol–water partition coefficient (Wildman–Crippen LogP) is 9.37. The van der Waals surface area contributed by atoms with Gasteiger partial charge in [-0.25, -0.2) is 0 Å². The molecule has 1 aromatic heterocycles. The van der Waals surface area contributed by atoms with Gasteiger partial charge in [-0.1, -0.05) is 124 Å². The van der Waals surface area contributed by atoms with Crippen molar-refractivity contribution in [3.05, 3.63) is 95.1 Å². The van der Waals surface area contributed by atoms with Crippen molar-refractivity contribution in [2.75, 3.05) is 0 Å². The average Bonchev–Trinajstić information content (AvgIpc) is 3.40. The van der Waals surface area contributed by atoms with E-state index in [1.807, 2.05) is 6.07 Å². The van der Waals surface area contributed by atoms with Crippen LogP contribution in [0.5, 0.6) is 0 Å². The van der Waals surface area contributed by atoms with E-state index in [1.165, 1.54) is 96.6 Å². The second-order valence-corrected chi connectivity index (χ2v) is 11.8. The molecule has 4 aromatic rings. The van der Waals surface area contributed by atoms with E-state index in [9.17, 15) is 4.79 Å². The molecule has 0 radical (unpaired) electrons. The van der Waals surface area contributed by atoms with Gasteiger partial charge in [-0.3, -0.25) is 4.79 Å². The van der Waals surface area contributed by atoms with Crippen LogP contribution < -0.4 is 0 Å². The number of hydrogen-bond acceptors (Lipinski definition) is 1. The molecule has 1 atom stereocenters. The van der Waals surface area contributed by atoms with Gasteiger partial charge in [0.25, 0.3) is 5.91 Å². The summed E-state index contributed by atoms with van der Waals surface area (Å²) in [7, 11) is 2.18. The summed E-state index contributed by atoms with van der Waals surface area (Å²) < 4.78 is 2.35. The lowest BCUT2D eigenvalue weighted by molar-refractivity contribution is 0.0633. The van der Waals surface area contributed by atoms with E-state index in [0.29, 0.717) is 0 Å². The van der Waals surface area contributed by atoms with Gasteiger partial charge in [-0.15, -0.1) is 0 Å². The quantitative estimate of drug-likeness (QED) is 0.265. The molecule has 39 heavy (non-hydrogen) atoms. The molecule has 1 unspecified atom stereocenters. The first-order chi connectivity index (χ1) is 19.1. The van der Waals surface area contributed by atoms with Crippen LogP contribution in [0.4, 0.5) is 0 Å². The molecule has 6 rings (SSSR count). The van der Waals surface area contributed by atoms with Gasteiger partial charge in [-0.2, -0.15) is 0 Å². The van der Waals surface area contributed by atoms with Gasteiger partial charge in [0.15, 0.2) is 0 Å². The fourth-order valence-electron chi connectivity index (χ4n) is 7.19. The fourth-order valence-corrected chi connectivity index (χ4v) is 7.19. The van der Waals surface area contributed by atoms with Crippen molar-refractivity contribution in [2.24, 2.45) is 7.05 Å². The summed E-state index contributed by atoms with van der Waals surface area (Å²) in [6, 6.07) is 26.2. The molecule has 1 aliphatic carbocycles. The third-order valence-electron chi connectivity index (χ3n) is 9.21. The van der Waals surface area contributed by atoms with Gasteiger partial charge in [-0.05, 0) is 43.0 Å². The zero-order valence-electron chi connectivity index (χ0n) is 23.7. The molecular formula is C36H42N2O. The van der Waals surface area contributed by atoms with Gasteiger partial charge >= 0.3 is 0 Å². The van der Waals surface area contributed by atoms with Crippen LogP contribution in [-0.2, 0) is 7.05 Å². The third-order valence-corrected chi connectivity index (χ3v) is 9.21. The maximum atomic E-state index is 14.3. The SMILES string of the molecule is Cc1ccc(-c2c(C3c4ccccc4C(=O)N3C3CCCCCCCCCCC3)c3ccccc3n2C)cc1. The van der Waals surface area contributed by atoms with Crippen LogP contribution in [0, 0.1) is 6.92 Å². The Labute approximate surface area is 233 Å². The first kappa shape index (κ1) is 25.9. The smallest absolute Gasteiger partial charge is 0.255 e. The maximum absolute atomic E-state index is 14.3. The highest BCUT2D eigenvalue weighted by Gasteiger charge is 2.43. The average molecular weight is 519 g/mol. The summed E-state index contributed by atoms with van der Waals surface area (Å²) in [5, 5.41) is 1.25. The molecular weight excluding hydrogens is 476 g/mol. The molecule has 3 nitrogen and oxygen atoms in total. The van der Waals surface area contributed by atoms with Crippen LogP contribution in [0.1, 0.15) is 104 Å². The number of carbonyl (C=O) groups is 1. The molecule has 1 fully saturated rings. The molecule has 0 spiro atoms. The molecule has 3 heteroatoms. The number of fused-ring (bicyclic) bond motifs is 2. The first-order valence-electron chi connectivity index (χ1n) is 15.2. The summed E-state index contributed by atoms with van der Waals surface area (Å²) in [6.45, 7) is 2.14. The van der Waals surface area contributed by atoms with Gasteiger partial charge in [0.2, 0.25) is 0 Å². The van der Waals surface area contributed by atoms with Crippen molar-refractivity contribution in [1.82, 2.24) is 9.47 Å². The fraction of sp³-hybridized carbons (Fsp3) is 0.417. The lowest BCUT2D eigenvalue weighted by atomic mass is 9.91. The first-order valence-corrected chi connectivity index (χ1v) is 15.2. The minimum Gasteiger partial charge on any atom is -0.343 e. The van der Waals surface area contributed by atoms with E-state index in [4.69, 9.17) is 0 Å². The summed E-state index contributed by atoms with van der Waals surface area (Å²) in [4.78, 5) is 16.6. The topological polar surface area (TPSA) is 25.2 Å². The van der Waals surface area contributed by atoms with E-state index >= 15 is 0 Å². The van der Waals surface area contributed by atoms with Gasteiger partial charge < -0.3 is 9.47 Å². The number of para-hydroxylation sites is 1. The lowest BCUT2D eigenvalue weighted by Crippen LogP contribution is -2.39. The minimum absolute atomic E-state index is 0.0750. The van der Waals surface area contributed by atoms with Crippen molar-refractivity contribution in [3.8, 4) is 11.3 Å². The van der Waals surface area contributed by atoms with E-state index in [-0.39, 0.29) is 18.0 Å². The molecule has 0 N–H and O–H groups in total. The van der Waals surface area contributed by atoms with Crippen LogP contribution in [0.25, 0.3) is 22.2 Å². The summed E-state index contributed by atoms with van der Waals surface area (Å²) in [5.41, 5.74) is 8.25. The van der Waals surface area contributed by atoms with Gasteiger partial charge in [0.05, 0.1) is 11.7 Å². The van der Waals surface area contributed by atoms with Crippen molar-refractivity contribution < 1.29 is 4.79 Å². The predicted molar refractivity (Wildman–Crippen MR) is 162 cm³/mol. The molecule has 1 amide bonds. The molecule has 3 aromatic carbocycles. The van der Waals surface area contributed by atoms with Crippen LogP contribution in [-0.4, -0.2) is 21.4 Å². The molecule has 2 aliphatic rings. The number of aryl methyl sites for hydroxylation is 2.